The van der Waals surface area contributed by atoms with Crippen LogP contribution in [0.1, 0.15) is 25.0 Å². The van der Waals surface area contributed by atoms with Gasteiger partial charge in [-0.3, -0.25) is 14.4 Å². The molecule has 1 aliphatic heterocycles. The van der Waals surface area contributed by atoms with E-state index in [0.717, 1.165) is 24.3 Å². The molecule has 1 aliphatic rings. The molecule has 2 rings (SSSR count). The molecule has 11 heteroatoms. The van der Waals surface area contributed by atoms with Gasteiger partial charge in [0.2, 0.25) is 5.92 Å². The minimum absolute atomic E-state index is 0.179. The van der Waals surface area contributed by atoms with Crippen molar-refractivity contribution < 1.29 is 46.9 Å². The third-order valence-corrected chi connectivity index (χ3v) is 3.81. The van der Waals surface area contributed by atoms with Gasteiger partial charge in [-0.1, -0.05) is 12.1 Å². The summed E-state index contributed by atoms with van der Waals surface area (Å²) in [5.74, 6) is -7.10. The van der Waals surface area contributed by atoms with E-state index in [2.05, 4.69) is 0 Å². The lowest BCUT2D eigenvalue weighted by Gasteiger charge is -2.33. The summed E-state index contributed by atoms with van der Waals surface area (Å²) >= 11 is 0. The van der Waals surface area contributed by atoms with Gasteiger partial charge in [-0.15, -0.1) is 0 Å². The number of carboxylic acid groups (broad SMARTS) is 1. The zero-order valence-corrected chi connectivity index (χ0v) is 14.7. The minimum Gasteiger partial charge on any atom is -0.465 e. The van der Waals surface area contributed by atoms with Crippen LogP contribution in [0.15, 0.2) is 24.3 Å². The maximum absolute atomic E-state index is 12.6. The van der Waals surface area contributed by atoms with Crippen molar-refractivity contribution in [3.05, 3.63) is 35.4 Å². The number of ketones is 1. The number of esters is 2. The van der Waals surface area contributed by atoms with Crippen LogP contribution in [0.3, 0.4) is 0 Å². The largest absolute Gasteiger partial charge is 0.465 e. The second-order valence-electron chi connectivity index (χ2n) is 6.48. The lowest BCUT2D eigenvalue weighted by molar-refractivity contribution is -0.238. The number of halogens is 3. The van der Waals surface area contributed by atoms with Crippen molar-refractivity contribution in [1.82, 2.24) is 5.32 Å². The van der Waals surface area contributed by atoms with E-state index in [0.29, 0.717) is 0 Å². The van der Waals surface area contributed by atoms with Crippen LogP contribution in [0.25, 0.3) is 0 Å². The average Bonchev–Trinajstić information content (AvgIpc) is 2.51. The summed E-state index contributed by atoms with van der Waals surface area (Å²) in [4.78, 5) is 47.6. The smallest absolute Gasteiger partial charge is 0.416 e. The van der Waals surface area contributed by atoms with Gasteiger partial charge in [0.15, 0.2) is 5.78 Å². The second kappa shape index (κ2) is 7.49. The molecule has 0 bridgehead atoms. The van der Waals surface area contributed by atoms with Crippen molar-refractivity contribution in [1.29, 1.82) is 0 Å². The lowest BCUT2D eigenvalue weighted by Crippen LogP contribution is -2.54. The van der Waals surface area contributed by atoms with Crippen LogP contribution in [0.4, 0.5) is 18.0 Å². The van der Waals surface area contributed by atoms with Crippen LogP contribution < -0.4 is 5.32 Å². The zero-order chi connectivity index (χ0) is 21.3. The van der Waals surface area contributed by atoms with E-state index >= 15 is 0 Å². The Balaban J connectivity index is 2.23. The molecule has 0 saturated carbocycles. The van der Waals surface area contributed by atoms with Gasteiger partial charge in [0.1, 0.15) is 0 Å². The fourth-order valence-electron chi connectivity index (χ4n) is 2.59. The molecule has 1 atom stereocenters. The molecule has 0 radical (unpaired) electrons. The van der Waals surface area contributed by atoms with E-state index in [1.54, 1.807) is 0 Å². The highest BCUT2D eigenvalue weighted by molar-refractivity contribution is 6.17. The Labute approximate surface area is 156 Å². The highest BCUT2D eigenvalue weighted by atomic mass is 19.4. The van der Waals surface area contributed by atoms with E-state index in [1.807, 2.05) is 5.32 Å². The molecule has 1 aromatic rings. The summed E-state index contributed by atoms with van der Waals surface area (Å²) in [6.45, 7) is 2.55. The molecular formula is C17H16F3NO7. The molecule has 1 amide bonds. The van der Waals surface area contributed by atoms with E-state index in [9.17, 15) is 32.3 Å². The second-order valence-corrected chi connectivity index (χ2v) is 6.48. The third-order valence-electron chi connectivity index (χ3n) is 3.81. The summed E-state index contributed by atoms with van der Waals surface area (Å²) in [7, 11) is 0. The van der Waals surface area contributed by atoms with E-state index < -0.39 is 53.3 Å². The van der Waals surface area contributed by atoms with Gasteiger partial charge in [-0.25, -0.2) is 4.79 Å². The highest BCUT2D eigenvalue weighted by Crippen LogP contribution is 2.29. The molecule has 2 N–H and O–H groups in total. The molecule has 0 aliphatic carbocycles. The first-order chi connectivity index (χ1) is 12.8. The Kier molecular flexibility index (Phi) is 5.67. The van der Waals surface area contributed by atoms with E-state index in [1.165, 1.54) is 13.8 Å². The Hall–Kier alpha value is -3.11. The SMILES string of the molecule is CC1(C)OC(=O)C(C(=O)C(Cc2ccc(C(F)(F)F)cc2)NC(=O)O)C(=O)O1. The first kappa shape index (κ1) is 21.2. The Morgan fingerprint density at radius 1 is 1.14 bits per heavy atom. The molecule has 0 spiro atoms. The number of carbonyl (C=O) groups excluding carboxylic acids is 3. The van der Waals surface area contributed by atoms with Gasteiger partial charge < -0.3 is 19.9 Å². The Bertz CT molecular complexity index is 782. The van der Waals surface area contributed by atoms with Crippen LogP contribution in [0.2, 0.25) is 0 Å². The number of rotatable bonds is 5. The minimum atomic E-state index is -4.56. The molecule has 1 saturated heterocycles. The first-order valence-electron chi connectivity index (χ1n) is 7.95. The number of ether oxygens (including phenoxy) is 2. The fourth-order valence-corrected chi connectivity index (χ4v) is 2.59. The van der Waals surface area contributed by atoms with Gasteiger partial charge in [0.05, 0.1) is 11.6 Å². The summed E-state index contributed by atoms with van der Waals surface area (Å²) in [6, 6.07) is 2.08. The number of cyclic esters (lactones) is 2. The highest BCUT2D eigenvalue weighted by Gasteiger charge is 2.49. The Morgan fingerprint density at radius 2 is 1.64 bits per heavy atom. The number of nitrogens with one attached hydrogen (secondary N) is 1. The van der Waals surface area contributed by atoms with Gasteiger partial charge in [0.25, 0.3) is 5.79 Å². The summed E-state index contributed by atoms with van der Waals surface area (Å²) < 4.78 is 47.5. The summed E-state index contributed by atoms with van der Waals surface area (Å²) in [6.07, 6.45) is -6.57. The predicted molar refractivity (Wildman–Crippen MR) is 84.9 cm³/mol. The molecule has 1 unspecified atom stereocenters. The maximum Gasteiger partial charge on any atom is 0.416 e. The van der Waals surface area contributed by atoms with Crippen LogP contribution in [-0.2, 0) is 36.5 Å². The van der Waals surface area contributed by atoms with Crippen molar-refractivity contribution in [3.63, 3.8) is 0 Å². The molecule has 1 aromatic carbocycles. The van der Waals surface area contributed by atoms with Gasteiger partial charge in [-0.05, 0) is 24.1 Å². The fraction of sp³-hybridized carbons (Fsp3) is 0.412. The van der Waals surface area contributed by atoms with Gasteiger partial charge >= 0.3 is 24.2 Å². The number of carbonyl (C=O) groups is 4. The van der Waals surface area contributed by atoms with Crippen molar-refractivity contribution in [2.45, 2.75) is 38.3 Å². The van der Waals surface area contributed by atoms with Crippen molar-refractivity contribution in [2.75, 3.05) is 0 Å². The lowest BCUT2D eigenvalue weighted by atomic mass is 9.92. The quantitative estimate of drug-likeness (QED) is 0.569. The van der Waals surface area contributed by atoms with Crippen molar-refractivity contribution >= 4 is 23.8 Å². The average molecular weight is 403 g/mol. The molecule has 152 valence electrons. The van der Waals surface area contributed by atoms with E-state index in [-0.39, 0.29) is 12.0 Å². The Morgan fingerprint density at radius 3 is 2.07 bits per heavy atom. The summed E-state index contributed by atoms with van der Waals surface area (Å²) in [5, 5.41) is 10.8. The van der Waals surface area contributed by atoms with Crippen molar-refractivity contribution in [2.24, 2.45) is 5.92 Å². The molecule has 8 nitrogen and oxygen atoms in total. The number of hydrogen-bond acceptors (Lipinski definition) is 6. The van der Waals surface area contributed by atoms with E-state index in [4.69, 9.17) is 14.6 Å². The molecule has 1 fully saturated rings. The number of hydrogen-bond donors (Lipinski definition) is 2. The zero-order valence-electron chi connectivity index (χ0n) is 14.7. The molecule has 28 heavy (non-hydrogen) atoms. The number of Topliss-reactive ketones (excluding diaryl/α,β-unsaturated/α-hetero) is 1. The normalized spacial score (nSPS) is 18.0. The van der Waals surface area contributed by atoms with Crippen LogP contribution >= 0.6 is 0 Å². The number of alkyl halides is 3. The van der Waals surface area contributed by atoms with Crippen LogP contribution in [0, 0.1) is 5.92 Å². The van der Waals surface area contributed by atoms with Crippen molar-refractivity contribution in [3.8, 4) is 0 Å². The number of amides is 1. The molecular weight excluding hydrogens is 387 g/mol. The van der Waals surface area contributed by atoms with Gasteiger partial charge in [-0.2, -0.15) is 13.2 Å². The molecule has 1 heterocycles. The predicted octanol–water partition coefficient (Wildman–Crippen LogP) is 1.91. The number of benzene rings is 1. The van der Waals surface area contributed by atoms with Crippen LogP contribution in [-0.4, -0.2) is 40.8 Å². The third kappa shape index (κ3) is 4.99. The standard InChI is InChI=1S/C17H16F3NO7/c1-16(2)27-13(23)11(14(24)28-16)12(22)10(21-15(25)26)7-8-3-5-9(6-4-8)17(18,19)20/h3-6,10-11,21H,7H2,1-2H3,(H,25,26). The van der Waals surface area contributed by atoms with Crippen LogP contribution in [0.5, 0.6) is 0 Å². The molecule has 0 aromatic heterocycles. The first-order valence-corrected chi connectivity index (χ1v) is 7.95. The summed E-state index contributed by atoms with van der Waals surface area (Å²) in [5.41, 5.74) is -0.745. The van der Waals surface area contributed by atoms with Gasteiger partial charge in [0, 0.05) is 13.8 Å². The topological polar surface area (TPSA) is 119 Å². The monoisotopic (exact) mass is 403 g/mol. The maximum atomic E-state index is 12.6.